The van der Waals surface area contributed by atoms with E-state index in [1.54, 1.807) is 11.8 Å². The first-order valence-corrected chi connectivity index (χ1v) is 8.84. The fourth-order valence-corrected chi connectivity index (χ4v) is 2.89. The second kappa shape index (κ2) is 9.42. The van der Waals surface area contributed by atoms with Gasteiger partial charge in [-0.1, -0.05) is 37.3 Å². The highest BCUT2D eigenvalue weighted by Gasteiger charge is 2.26. The number of benzene rings is 1. The van der Waals surface area contributed by atoms with Crippen molar-refractivity contribution in [2.24, 2.45) is 0 Å². The number of carbonyl (C=O) groups is 2. The lowest BCUT2D eigenvalue weighted by Crippen LogP contribution is -2.48. The molecule has 0 aliphatic carbocycles. The van der Waals surface area contributed by atoms with E-state index in [0.717, 1.165) is 31.4 Å². The zero-order valence-corrected chi connectivity index (χ0v) is 14.7. The van der Waals surface area contributed by atoms with Crippen LogP contribution in [0.5, 0.6) is 0 Å². The van der Waals surface area contributed by atoms with Gasteiger partial charge in [0.15, 0.2) is 0 Å². The summed E-state index contributed by atoms with van der Waals surface area (Å²) in [4.78, 5) is 26.6. The number of nitrogens with zero attached hydrogens (tertiary/aromatic N) is 1. The molecule has 2 rings (SSSR count). The molecule has 0 spiro atoms. The molecular weight excluding hydrogens is 304 g/mol. The molecule has 0 aromatic heterocycles. The SMILES string of the molecule is CCCC(=O)N(Cc1ccccc1)C(C)C(=O)NCC1CCCO1. The van der Waals surface area contributed by atoms with Gasteiger partial charge >= 0.3 is 0 Å². The van der Waals surface area contributed by atoms with Gasteiger partial charge in [0.05, 0.1) is 6.10 Å². The minimum absolute atomic E-state index is 0.0149. The first-order chi connectivity index (χ1) is 11.6. The molecule has 132 valence electrons. The Labute approximate surface area is 144 Å². The molecule has 1 saturated heterocycles. The molecule has 1 aromatic carbocycles. The van der Waals surface area contributed by atoms with E-state index in [1.165, 1.54) is 0 Å². The molecule has 5 heteroatoms. The van der Waals surface area contributed by atoms with Gasteiger partial charge in [-0.15, -0.1) is 0 Å². The maximum absolute atomic E-state index is 12.5. The van der Waals surface area contributed by atoms with E-state index in [0.29, 0.717) is 19.5 Å². The van der Waals surface area contributed by atoms with Gasteiger partial charge in [-0.3, -0.25) is 9.59 Å². The third-order valence-electron chi connectivity index (χ3n) is 4.35. The van der Waals surface area contributed by atoms with Crippen LogP contribution in [0.2, 0.25) is 0 Å². The van der Waals surface area contributed by atoms with Gasteiger partial charge in [0.25, 0.3) is 0 Å². The number of hydrogen-bond donors (Lipinski definition) is 1. The molecule has 1 N–H and O–H groups in total. The molecule has 1 fully saturated rings. The van der Waals surface area contributed by atoms with Crippen molar-refractivity contribution < 1.29 is 14.3 Å². The predicted molar refractivity (Wildman–Crippen MR) is 93.3 cm³/mol. The number of amides is 2. The van der Waals surface area contributed by atoms with E-state index in [9.17, 15) is 9.59 Å². The van der Waals surface area contributed by atoms with Crippen molar-refractivity contribution in [3.8, 4) is 0 Å². The molecule has 1 aromatic rings. The summed E-state index contributed by atoms with van der Waals surface area (Å²) in [6.07, 6.45) is 3.36. The quantitative estimate of drug-likeness (QED) is 0.796. The molecule has 5 nitrogen and oxygen atoms in total. The summed E-state index contributed by atoms with van der Waals surface area (Å²) < 4.78 is 5.53. The van der Waals surface area contributed by atoms with E-state index < -0.39 is 6.04 Å². The minimum atomic E-state index is -0.495. The predicted octanol–water partition coefficient (Wildman–Crippen LogP) is 2.50. The van der Waals surface area contributed by atoms with Crippen molar-refractivity contribution >= 4 is 11.8 Å². The number of hydrogen-bond acceptors (Lipinski definition) is 3. The normalized spacial score (nSPS) is 18.2. The van der Waals surface area contributed by atoms with Gasteiger partial charge in [0.2, 0.25) is 11.8 Å². The summed E-state index contributed by atoms with van der Waals surface area (Å²) in [5.41, 5.74) is 1.03. The molecule has 0 radical (unpaired) electrons. The lowest BCUT2D eigenvalue weighted by Gasteiger charge is -2.29. The van der Waals surface area contributed by atoms with E-state index >= 15 is 0 Å². The molecule has 1 heterocycles. The van der Waals surface area contributed by atoms with E-state index in [1.807, 2.05) is 37.3 Å². The Morgan fingerprint density at radius 3 is 2.71 bits per heavy atom. The fraction of sp³-hybridized carbons (Fsp3) is 0.579. The Kier molecular flexibility index (Phi) is 7.25. The summed E-state index contributed by atoms with van der Waals surface area (Å²) in [5, 5.41) is 2.93. The highest BCUT2D eigenvalue weighted by molar-refractivity contribution is 5.87. The maximum atomic E-state index is 12.5. The second-order valence-corrected chi connectivity index (χ2v) is 6.31. The van der Waals surface area contributed by atoms with Crippen molar-refractivity contribution in [3.05, 3.63) is 35.9 Å². The van der Waals surface area contributed by atoms with Crippen LogP contribution in [0.4, 0.5) is 0 Å². The summed E-state index contributed by atoms with van der Waals surface area (Å²) in [7, 11) is 0. The van der Waals surface area contributed by atoms with Crippen LogP contribution in [0.1, 0.15) is 45.1 Å². The number of ether oxygens (including phenoxy) is 1. The van der Waals surface area contributed by atoms with Crippen LogP contribution in [0, 0.1) is 0 Å². The van der Waals surface area contributed by atoms with Crippen molar-refractivity contribution in [2.75, 3.05) is 13.2 Å². The monoisotopic (exact) mass is 332 g/mol. The van der Waals surface area contributed by atoms with Crippen LogP contribution < -0.4 is 5.32 Å². The van der Waals surface area contributed by atoms with Gasteiger partial charge in [-0.2, -0.15) is 0 Å². The van der Waals surface area contributed by atoms with E-state index in [-0.39, 0.29) is 17.9 Å². The first kappa shape index (κ1) is 18.5. The minimum Gasteiger partial charge on any atom is -0.376 e. The number of rotatable bonds is 8. The van der Waals surface area contributed by atoms with Gasteiger partial charge in [-0.25, -0.2) is 0 Å². The van der Waals surface area contributed by atoms with E-state index in [2.05, 4.69) is 5.32 Å². The van der Waals surface area contributed by atoms with Crippen LogP contribution in [0.25, 0.3) is 0 Å². The molecule has 0 saturated carbocycles. The van der Waals surface area contributed by atoms with E-state index in [4.69, 9.17) is 4.74 Å². The van der Waals surface area contributed by atoms with Crippen LogP contribution in [-0.2, 0) is 20.9 Å². The Balaban J connectivity index is 1.98. The van der Waals surface area contributed by atoms with Gasteiger partial charge in [-0.05, 0) is 31.7 Å². The lowest BCUT2D eigenvalue weighted by molar-refractivity contribution is -0.140. The highest BCUT2D eigenvalue weighted by atomic mass is 16.5. The summed E-state index contributed by atoms with van der Waals surface area (Å²) >= 11 is 0. The standard InChI is InChI=1S/C19H28N2O3/c1-3-8-18(22)21(14-16-9-5-4-6-10-16)15(2)19(23)20-13-17-11-7-12-24-17/h4-6,9-10,15,17H,3,7-8,11-14H2,1-2H3,(H,20,23). The van der Waals surface area contributed by atoms with Crippen LogP contribution in [0.15, 0.2) is 30.3 Å². The van der Waals surface area contributed by atoms with Crippen molar-refractivity contribution in [1.82, 2.24) is 10.2 Å². The van der Waals surface area contributed by atoms with Crippen molar-refractivity contribution in [1.29, 1.82) is 0 Å². The molecule has 24 heavy (non-hydrogen) atoms. The highest BCUT2D eigenvalue weighted by Crippen LogP contribution is 2.13. The van der Waals surface area contributed by atoms with Crippen LogP contribution in [-0.4, -0.2) is 42.0 Å². The third-order valence-corrected chi connectivity index (χ3v) is 4.35. The maximum Gasteiger partial charge on any atom is 0.242 e. The molecule has 2 atom stereocenters. The fourth-order valence-electron chi connectivity index (χ4n) is 2.89. The Bertz CT molecular complexity index is 527. The Morgan fingerprint density at radius 1 is 1.33 bits per heavy atom. The summed E-state index contributed by atoms with van der Waals surface area (Å²) in [6.45, 7) is 5.51. The molecule has 2 unspecified atom stereocenters. The molecule has 0 bridgehead atoms. The molecular formula is C19H28N2O3. The van der Waals surface area contributed by atoms with Crippen LogP contribution in [0.3, 0.4) is 0 Å². The largest absolute Gasteiger partial charge is 0.376 e. The molecule has 2 amide bonds. The first-order valence-electron chi connectivity index (χ1n) is 8.84. The molecule has 1 aliphatic heterocycles. The average Bonchev–Trinajstić information content (AvgIpc) is 3.11. The Morgan fingerprint density at radius 2 is 2.08 bits per heavy atom. The summed E-state index contributed by atoms with van der Waals surface area (Å²) in [5.74, 6) is -0.105. The third kappa shape index (κ3) is 5.34. The lowest BCUT2D eigenvalue weighted by atomic mass is 10.1. The van der Waals surface area contributed by atoms with Gasteiger partial charge < -0.3 is 15.0 Å². The van der Waals surface area contributed by atoms with Crippen molar-refractivity contribution in [2.45, 2.75) is 58.2 Å². The summed E-state index contributed by atoms with van der Waals surface area (Å²) in [6, 6.07) is 9.29. The number of carbonyl (C=O) groups excluding carboxylic acids is 2. The zero-order chi connectivity index (χ0) is 17.4. The Hall–Kier alpha value is -1.88. The second-order valence-electron chi connectivity index (χ2n) is 6.31. The number of nitrogens with one attached hydrogen (secondary N) is 1. The zero-order valence-electron chi connectivity index (χ0n) is 14.7. The van der Waals surface area contributed by atoms with Gasteiger partial charge in [0.1, 0.15) is 6.04 Å². The average molecular weight is 332 g/mol. The van der Waals surface area contributed by atoms with Crippen molar-refractivity contribution in [3.63, 3.8) is 0 Å². The smallest absolute Gasteiger partial charge is 0.242 e. The van der Waals surface area contributed by atoms with Gasteiger partial charge in [0, 0.05) is 26.1 Å². The van der Waals surface area contributed by atoms with Crippen LogP contribution >= 0.6 is 0 Å². The topological polar surface area (TPSA) is 58.6 Å². The molecule has 1 aliphatic rings.